The first-order valence-electron chi connectivity index (χ1n) is 10.3. The Morgan fingerprint density at radius 1 is 1.23 bits per heavy atom. The van der Waals surface area contributed by atoms with Gasteiger partial charge in [0.2, 0.25) is 0 Å². The number of esters is 1. The molecule has 2 aromatic heterocycles. The van der Waals surface area contributed by atoms with Gasteiger partial charge in [0.15, 0.2) is 0 Å². The molecule has 0 radical (unpaired) electrons. The minimum Gasteiger partial charge on any atom is -0.466 e. The average molecular weight is 489 g/mol. The fourth-order valence-corrected chi connectivity index (χ4v) is 5.29. The summed E-state index contributed by atoms with van der Waals surface area (Å²) in [5.41, 5.74) is 2.91. The van der Waals surface area contributed by atoms with Crippen LogP contribution < -0.4 is 0 Å². The van der Waals surface area contributed by atoms with Gasteiger partial charge in [0.1, 0.15) is 5.69 Å². The van der Waals surface area contributed by atoms with Gasteiger partial charge in [-0.05, 0) is 56.5 Å². The highest BCUT2D eigenvalue weighted by Gasteiger charge is 2.31. The van der Waals surface area contributed by atoms with Crippen LogP contribution in [0.3, 0.4) is 0 Å². The number of carbonyl (C=O) groups excluding carboxylic acids is 2. The van der Waals surface area contributed by atoms with Crippen LogP contribution in [0.2, 0.25) is 0 Å². The summed E-state index contributed by atoms with van der Waals surface area (Å²) in [7, 11) is 0. The van der Waals surface area contributed by atoms with E-state index in [4.69, 9.17) is 4.74 Å². The van der Waals surface area contributed by atoms with Gasteiger partial charge < -0.3 is 14.2 Å². The Kier molecular flexibility index (Phi) is 6.29. The zero-order valence-electron chi connectivity index (χ0n) is 17.2. The summed E-state index contributed by atoms with van der Waals surface area (Å²) >= 11 is 5.18. The Labute approximate surface area is 188 Å². The molecule has 1 fully saturated rings. The molecule has 1 amide bonds. The number of carbonyl (C=O) groups is 2. The molecule has 0 spiro atoms. The quantitative estimate of drug-likeness (QED) is 0.461. The van der Waals surface area contributed by atoms with Crippen molar-refractivity contribution in [1.82, 2.24) is 9.47 Å². The molecule has 0 saturated carbocycles. The van der Waals surface area contributed by atoms with Crippen LogP contribution in [0.1, 0.15) is 40.7 Å². The number of likely N-dealkylation sites (tertiary alicyclic amines) is 1. The minimum atomic E-state index is -0.235. The summed E-state index contributed by atoms with van der Waals surface area (Å²) in [6.45, 7) is 5.99. The van der Waals surface area contributed by atoms with Crippen LogP contribution >= 0.6 is 27.3 Å². The molecule has 0 unspecified atom stereocenters. The van der Waals surface area contributed by atoms with Crippen LogP contribution in [0.5, 0.6) is 0 Å². The highest BCUT2D eigenvalue weighted by molar-refractivity contribution is 9.10. The number of benzene rings is 1. The van der Waals surface area contributed by atoms with Crippen LogP contribution in [0.25, 0.3) is 10.2 Å². The van der Waals surface area contributed by atoms with Crippen LogP contribution in [-0.4, -0.2) is 41.0 Å². The number of ether oxygens (including phenoxy) is 1. The Morgan fingerprint density at radius 2 is 2.00 bits per heavy atom. The molecule has 1 aliphatic heterocycles. The molecule has 5 nitrogen and oxygen atoms in total. The molecule has 7 heteroatoms. The van der Waals surface area contributed by atoms with Crippen LogP contribution in [0.15, 0.2) is 40.9 Å². The fraction of sp³-hybridized carbons (Fsp3) is 0.391. The van der Waals surface area contributed by atoms with Crippen molar-refractivity contribution in [2.75, 3.05) is 19.7 Å². The van der Waals surface area contributed by atoms with Crippen molar-refractivity contribution >= 4 is 49.4 Å². The molecule has 1 aromatic carbocycles. The normalized spacial score (nSPS) is 16.8. The lowest BCUT2D eigenvalue weighted by Crippen LogP contribution is -2.43. The number of hydrogen-bond donors (Lipinski definition) is 0. The number of halogens is 1. The fourth-order valence-electron chi connectivity index (χ4n) is 4.06. The van der Waals surface area contributed by atoms with Gasteiger partial charge >= 0.3 is 5.97 Å². The van der Waals surface area contributed by atoms with Gasteiger partial charge in [-0.25, -0.2) is 0 Å². The number of aromatic nitrogens is 1. The third kappa shape index (κ3) is 4.32. The number of nitrogens with zero attached hydrogens (tertiary/aromatic N) is 2. The highest BCUT2D eigenvalue weighted by atomic mass is 79.9. The number of piperidine rings is 1. The van der Waals surface area contributed by atoms with Gasteiger partial charge in [0.05, 0.1) is 22.7 Å². The largest absolute Gasteiger partial charge is 0.466 e. The first-order valence-corrected chi connectivity index (χ1v) is 11.9. The molecular formula is C23H25BrN2O3S. The van der Waals surface area contributed by atoms with Gasteiger partial charge in [0.25, 0.3) is 5.91 Å². The van der Waals surface area contributed by atoms with Gasteiger partial charge in [-0.15, -0.1) is 11.3 Å². The third-order valence-electron chi connectivity index (χ3n) is 5.51. The van der Waals surface area contributed by atoms with Crippen molar-refractivity contribution in [1.29, 1.82) is 0 Å². The molecule has 4 rings (SSSR count). The van der Waals surface area contributed by atoms with E-state index in [1.807, 2.05) is 30.0 Å². The highest BCUT2D eigenvalue weighted by Crippen LogP contribution is 2.31. The molecule has 0 N–H and O–H groups in total. The SMILES string of the molecule is CCOC(=O)[C@H]1CCCN(C(=O)c2cc3sc(C)cc3n2Cc2ccc(Br)cc2)C1. The summed E-state index contributed by atoms with van der Waals surface area (Å²) in [6.07, 6.45) is 1.59. The smallest absolute Gasteiger partial charge is 0.310 e. The third-order valence-corrected chi connectivity index (χ3v) is 7.03. The molecule has 0 aliphatic carbocycles. The van der Waals surface area contributed by atoms with Crippen LogP contribution in [-0.2, 0) is 16.1 Å². The molecule has 30 heavy (non-hydrogen) atoms. The van der Waals surface area contributed by atoms with E-state index in [-0.39, 0.29) is 17.8 Å². The molecule has 1 atom stereocenters. The summed E-state index contributed by atoms with van der Waals surface area (Å²) in [6, 6.07) is 12.3. The predicted octanol–water partition coefficient (Wildman–Crippen LogP) is 5.24. The minimum absolute atomic E-state index is 0.0119. The average Bonchev–Trinajstić information content (AvgIpc) is 3.26. The van der Waals surface area contributed by atoms with Crippen molar-refractivity contribution in [2.45, 2.75) is 33.2 Å². The van der Waals surface area contributed by atoms with E-state index in [2.05, 4.69) is 45.6 Å². The summed E-state index contributed by atoms with van der Waals surface area (Å²) in [5.74, 6) is -0.445. The molecule has 3 aromatic rings. The van der Waals surface area contributed by atoms with Gasteiger partial charge in [-0.1, -0.05) is 28.1 Å². The first-order chi connectivity index (χ1) is 14.5. The summed E-state index contributed by atoms with van der Waals surface area (Å²) < 4.78 is 9.45. The van der Waals surface area contributed by atoms with Gasteiger partial charge in [0, 0.05) is 29.0 Å². The second-order valence-electron chi connectivity index (χ2n) is 7.69. The second kappa shape index (κ2) is 8.94. The monoisotopic (exact) mass is 488 g/mol. The lowest BCUT2D eigenvalue weighted by atomic mass is 9.98. The Bertz CT molecular complexity index is 1070. The summed E-state index contributed by atoms with van der Waals surface area (Å²) in [4.78, 5) is 28.7. The van der Waals surface area contributed by atoms with Crippen LogP contribution in [0.4, 0.5) is 0 Å². The predicted molar refractivity (Wildman–Crippen MR) is 123 cm³/mol. The van der Waals surface area contributed by atoms with E-state index in [0.29, 0.717) is 31.9 Å². The molecular weight excluding hydrogens is 464 g/mol. The standard InChI is InChI=1S/C23H25BrN2O3S/c1-3-29-23(28)17-5-4-10-25(14-17)22(27)20-12-21-19(11-15(2)30-21)26(20)13-16-6-8-18(24)9-7-16/h6-9,11-12,17H,3-5,10,13-14H2,1-2H3/t17-/m0/s1. The maximum atomic E-state index is 13.5. The van der Waals surface area contributed by atoms with Gasteiger partial charge in [-0.2, -0.15) is 0 Å². The maximum absolute atomic E-state index is 13.5. The first kappa shape index (κ1) is 21.1. The Morgan fingerprint density at radius 3 is 2.73 bits per heavy atom. The van der Waals surface area contributed by atoms with E-state index in [1.165, 1.54) is 4.88 Å². The maximum Gasteiger partial charge on any atom is 0.310 e. The van der Waals surface area contributed by atoms with Crippen molar-refractivity contribution in [3.63, 3.8) is 0 Å². The van der Waals surface area contributed by atoms with Gasteiger partial charge in [-0.3, -0.25) is 9.59 Å². The van der Waals surface area contributed by atoms with E-state index >= 15 is 0 Å². The molecule has 0 bridgehead atoms. The van der Waals surface area contributed by atoms with Crippen molar-refractivity contribution < 1.29 is 14.3 Å². The van der Waals surface area contributed by atoms with Crippen LogP contribution in [0, 0.1) is 12.8 Å². The van der Waals surface area contributed by atoms with E-state index in [0.717, 1.165) is 33.1 Å². The second-order valence-corrected chi connectivity index (χ2v) is 9.89. The topological polar surface area (TPSA) is 51.5 Å². The number of hydrogen-bond acceptors (Lipinski definition) is 4. The number of thiophene rings is 1. The molecule has 1 saturated heterocycles. The van der Waals surface area contributed by atoms with E-state index in [9.17, 15) is 9.59 Å². The Balaban J connectivity index is 1.64. The molecule has 158 valence electrons. The van der Waals surface area contributed by atoms with E-state index in [1.54, 1.807) is 11.3 Å². The molecule has 1 aliphatic rings. The lowest BCUT2D eigenvalue weighted by Gasteiger charge is -2.31. The zero-order valence-corrected chi connectivity index (χ0v) is 19.6. The number of fused-ring (bicyclic) bond motifs is 1. The molecule has 3 heterocycles. The lowest BCUT2D eigenvalue weighted by molar-refractivity contribution is -0.149. The van der Waals surface area contributed by atoms with Crippen molar-refractivity contribution in [3.8, 4) is 0 Å². The number of rotatable bonds is 5. The number of amides is 1. The van der Waals surface area contributed by atoms with Crippen molar-refractivity contribution in [2.24, 2.45) is 5.92 Å². The Hall–Kier alpha value is -2.12. The van der Waals surface area contributed by atoms with Crippen molar-refractivity contribution in [3.05, 3.63) is 57.0 Å². The zero-order chi connectivity index (χ0) is 21.3. The summed E-state index contributed by atoms with van der Waals surface area (Å²) in [5, 5.41) is 0. The van der Waals surface area contributed by atoms with E-state index < -0.39 is 0 Å². The number of aryl methyl sites for hydroxylation is 1.